The number of carbonyl (C=O) groups excluding carboxylic acids is 2. The van der Waals surface area contributed by atoms with Crippen LogP contribution in [0.2, 0.25) is 0 Å². The Morgan fingerprint density at radius 2 is 2.24 bits per heavy atom. The van der Waals surface area contributed by atoms with Gasteiger partial charge in [-0.3, -0.25) is 14.6 Å². The van der Waals surface area contributed by atoms with Gasteiger partial charge in [-0.1, -0.05) is 18.2 Å². The highest BCUT2D eigenvalue weighted by atomic mass is 16.5. The van der Waals surface area contributed by atoms with Crippen LogP contribution in [-0.4, -0.2) is 17.2 Å². The summed E-state index contributed by atoms with van der Waals surface area (Å²) < 4.78 is 4.97. The average Bonchev–Trinajstić information content (AvgIpc) is 2.35. The Kier molecular flexibility index (Phi) is 3.14. The van der Waals surface area contributed by atoms with E-state index in [0.29, 0.717) is 11.8 Å². The molecule has 2 aromatic rings. The van der Waals surface area contributed by atoms with Gasteiger partial charge in [0.05, 0.1) is 0 Å². The number of ether oxygens (including phenoxy) is 1. The van der Waals surface area contributed by atoms with Crippen molar-refractivity contribution < 1.29 is 14.3 Å². The Morgan fingerprint density at radius 1 is 1.41 bits per heavy atom. The van der Waals surface area contributed by atoms with Gasteiger partial charge in [-0.2, -0.15) is 0 Å². The fourth-order valence-electron chi connectivity index (χ4n) is 1.74. The maximum Gasteiger partial charge on any atom is 0.303 e. The third-order valence-electron chi connectivity index (χ3n) is 2.44. The Hall–Kier alpha value is -2.23. The van der Waals surface area contributed by atoms with Crippen molar-refractivity contribution in [3.8, 4) is 0 Å². The van der Waals surface area contributed by atoms with Crippen molar-refractivity contribution in [2.45, 2.75) is 13.0 Å². The second kappa shape index (κ2) is 4.74. The molecule has 0 saturated carbocycles. The molecule has 2 rings (SSSR count). The number of benzene rings is 1. The Morgan fingerprint density at radius 3 is 2.94 bits per heavy atom. The average molecular weight is 229 g/mol. The standard InChI is InChI=1S/C13H11NO3/c1-9(16)17-13(8-15)12-4-2-3-10-7-14-6-5-11(10)12/h2-8,13H,1H3. The Bertz CT molecular complexity index is 560. The molecule has 0 radical (unpaired) electrons. The van der Waals surface area contributed by atoms with Gasteiger partial charge >= 0.3 is 5.97 Å². The first-order chi connectivity index (χ1) is 8.22. The summed E-state index contributed by atoms with van der Waals surface area (Å²) >= 11 is 0. The van der Waals surface area contributed by atoms with Crippen LogP contribution in [0.4, 0.5) is 0 Å². The molecule has 17 heavy (non-hydrogen) atoms. The maximum absolute atomic E-state index is 11.0. The van der Waals surface area contributed by atoms with Gasteiger partial charge in [0.1, 0.15) is 0 Å². The fraction of sp³-hybridized carbons (Fsp3) is 0.154. The number of aromatic nitrogens is 1. The van der Waals surface area contributed by atoms with Crippen LogP contribution in [0.5, 0.6) is 0 Å². The van der Waals surface area contributed by atoms with Gasteiger partial charge in [0.25, 0.3) is 0 Å². The van der Waals surface area contributed by atoms with E-state index >= 15 is 0 Å². The lowest BCUT2D eigenvalue weighted by Gasteiger charge is -2.13. The van der Waals surface area contributed by atoms with Gasteiger partial charge in [0.2, 0.25) is 0 Å². The zero-order valence-electron chi connectivity index (χ0n) is 9.29. The number of carbonyl (C=O) groups is 2. The Balaban J connectivity index is 2.53. The van der Waals surface area contributed by atoms with Crippen LogP contribution in [-0.2, 0) is 14.3 Å². The van der Waals surface area contributed by atoms with Crippen molar-refractivity contribution in [3.05, 3.63) is 42.2 Å². The quantitative estimate of drug-likeness (QED) is 0.597. The van der Waals surface area contributed by atoms with Gasteiger partial charge < -0.3 is 4.74 Å². The van der Waals surface area contributed by atoms with E-state index in [9.17, 15) is 9.59 Å². The third-order valence-corrected chi connectivity index (χ3v) is 2.44. The van der Waals surface area contributed by atoms with Crippen molar-refractivity contribution in [1.29, 1.82) is 0 Å². The van der Waals surface area contributed by atoms with Crippen molar-refractivity contribution in [1.82, 2.24) is 4.98 Å². The molecule has 1 unspecified atom stereocenters. The van der Waals surface area contributed by atoms with Crippen molar-refractivity contribution in [2.75, 3.05) is 0 Å². The van der Waals surface area contributed by atoms with Gasteiger partial charge in [-0.15, -0.1) is 0 Å². The molecule has 0 aliphatic rings. The van der Waals surface area contributed by atoms with E-state index in [1.54, 1.807) is 30.6 Å². The number of fused-ring (bicyclic) bond motifs is 1. The molecule has 4 heteroatoms. The molecule has 1 aromatic heterocycles. The molecule has 0 fully saturated rings. The van der Waals surface area contributed by atoms with Crippen LogP contribution in [0.25, 0.3) is 10.8 Å². The maximum atomic E-state index is 11.0. The van der Waals surface area contributed by atoms with Crippen LogP contribution >= 0.6 is 0 Å². The van der Waals surface area contributed by atoms with Gasteiger partial charge in [-0.05, 0) is 11.5 Å². The molecule has 0 amide bonds. The van der Waals surface area contributed by atoms with Gasteiger partial charge in [-0.25, -0.2) is 0 Å². The lowest BCUT2D eigenvalue weighted by Crippen LogP contribution is -2.10. The molecular formula is C13H11NO3. The van der Waals surface area contributed by atoms with E-state index in [1.165, 1.54) is 6.92 Å². The van der Waals surface area contributed by atoms with E-state index in [-0.39, 0.29) is 0 Å². The molecule has 1 aromatic carbocycles. The molecule has 0 N–H and O–H groups in total. The molecule has 1 heterocycles. The predicted molar refractivity (Wildman–Crippen MR) is 62.3 cm³/mol. The van der Waals surface area contributed by atoms with E-state index < -0.39 is 12.1 Å². The highest BCUT2D eigenvalue weighted by Gasteiger charge is 2.15. The molecular weight excluding hydrogens is 218 g/mol. The fourth-order valence-corrected chi connectivity index (χ4v) is 1.74. The van der Waals surface area contributed by atoms with E-state index in [2.05, 4.69) is 4.98 Å². The highest BCUT2D eigenvalue weighted by molar-refractivity contribution is 5.88. The van der Waals surface area contributed by atoms with E-state index in [1.807, 2.05) is 6.07 Å². The number of pyridine rings is 1. The molecule has 4 nitrogen and oxygen atoms in total. The summed E-state index contributed by atoms with van der Waals surface area (Å²) in [6.07, 6.45) is 3.10. The summed E-state index contributed by atoms with van der Waals surface area (Å²) in [5.74, 6) is -0.479. The van der Waals surface area contributed by atoms with Gasteiger partial charge in [0.15, 0.2) is 12.4 Å². The monoisotopic (exact) mass is 229 g/mol. The minimum absolute atomic E-state index is 0.479. The van der Waals surface area contributed by atoms with E-state index in [4.69, 9.17) is 4.74 Å². The topological polar surface area (TPSA) is 56.3 Å². The lowest BCUT2D eigenvalue weighted by molar-refractivity contribution is -0.149. The summed E-state index contributed by atoms with van der Waals surface area (Å²) in [6.45, 7) is 1.28. The second-order valence-corrected chi connectivity index (χ2v) is 3.61. The van der Waals surface area contributed by atoms with Crippen molar-refractivity contribution in [3.63, 3.8) is 0 Å². The number of hydrogen-bond acceptors (Lipinski definition) is 4. The normalized spacial score (nSPS) is 12.1. The molecule has 0 spiro atoms. The molecule has 0 aliphatic heterocycles. The predicted octanol–water partition coefficient (Wildman–Crippen LogP) is 2.04. The van der Waals surface area contributed by atoms with Crippen LogP contribution in [0.15, 0.2) is 36.7 Å². The van der Waals surface area contributed by atoms with Crippen LogP contribution in [0.3, 0.4) is 0 Å². The SMILES string of the molecule is CC(=O)OC(C=O)c1cccc2cnccc12. The molecule has 1 atom stereocenters. The number of esters is 1. The molecule has 0 bridgehead atoms. The van der Waals surface area contributed by atoms with Crippen molar-refractivity contribution >= 4 is 23.0 Å². The zero-order valence-corrected chi connectivity index (χ0v) is 9.29. The van der Waals surface area contributed by atoms with Crippen molar-refractivity contribution in [2.24, 2.45) is 0 Å². The number of aldehydes is 1. The minimum Gasteiger partial charge on any atom is -0.450 e. The number of nitrogens with zero attached hydrogens (tertiary/aromatic N) is 1. The van der Waals surface area contributed by atoms with Crippen LogP contribution in [0.1, 0.15) is 18.6 Å². The number of rotatable bonds is 3. The third kappa shape index (κ3) is 2.30. The summed E-state index contributed by atoms with van der Waals surface area (Å²) in [6, 6.07) is 7.26. The van der Waals surface area contributed by atoms with Crippen LogP contribution in [0, 0.1) is 0 Å². The second-order valence-electron chi connectivity index (χ2n) is 3.61. The largest absolute Gasteiger partial charge is 0.450 e. The lowest BCUT2D eigenvalue weighted by atomic mass is 10.0. The molecule has 0 saturated heterocycles. The van der Waals surface area contributed by atoms with Gasteiger partial charge in [0, 0.05) is 30.3 Å². The first-order valence-electron chi connectivity index (χ1n) is 5.17. The van der Waals surface area contributed by atoms with Crippen LogP contribution < -0.4 is 0 Å². The Labute approximate surface area is 98.2 Å². The first-order valence-corrected chi connectivity index (χ1v) is 5.17. The van der Waals surface area contributed by atoms with E-state index in [0.717, 1.165) is 10.8 Å². The molecule has 0 aliphatic carbocycles. The first kappa shape index (κ1) is 11.3. The minimum atomic E-state index is -0.862. The molecule has 86 valence electrons. The summed E-state index contributed by atoms with van der Waals surface area (Å²) in [5, 5.41) is 1.77. The summed E-state index contributed by atoms with van der Waals surface area (Å²) in [7, 11) is 0. The summed E-state index contributed by atoms with van der Waals surface area (Å²) in [5.41, 5.74) is 0.676. The zero-order chi connectivity index (χ0) is 12.3. The summed E-state index contributed by atoms with van der Waals surface area (Å²) in [4.78, 5) is 25.9. The highest BCUT2D eigenvalue weighted by Crippen LogP contribution is 2.24. The number of hydrogen-bond donors (Lipinski definition) is 0. The smallest absolute Gasteiger partial charge is 0.303 e.